The Morgan fingerprint density at radius 3 is 2.54 bits per heavy atom. The summed E-state index contributed by atoms with van der Waals surface area (Å²) in [6.07, 6.45) is 0. The van der Waals surface area contributed by atoms with Crippen molar-refractivity contribution in [1.82, 2.24) is 10.2 Å². The number of aryl methyl sites for hydroxylation is 1. The van der Waals surface area contributed by atoms with E-state index in [0.717, 1.165) is 0 Å². The average molecular weight is 428 g/mol. The molecule has 1 aliphatic rings. The van der Waals surface area contributed by atoms with Crippen LogP contribution in [0, 0.1) is 12.7 Å². The van der Waals surface area contributed by atoms with Gasteiger partial charge >= 0.3 is 0 Å². The minimum atomic E-state index is -3.91. The van der Waals surface area contributed by atoms with Gasteiger partial charge < -0.3 is 10.2 Å². The second kappa shape index (κ2) is 8.89. The van der Waals surface area contributed by atoms with Crippen molar-refractivity contribution in [2.45, 2.75) is 24.8 Å². The van der Waals surface area contributed by atoms with Crippen LogP contribution in [0.15, 0.2) is 47.4 Å². The number of rotatable bonds is 4. The molecule has 152 valence electrons. The lowest BCUT2D eigenvalue weighted by Crippen LogP contribution is -2.51. The van der Waals surface area contributed by atoms with Crippen molar-refractivity contribution in [2.24, 2.45) is 0 Å². The van der Waals surface area contributed by atoms with Crippen LogP contribution in [0.1, 0.15) is 22.8 Å². The maximum atomic E-state index is 13.0. The zero-order valence-corrected chi connectivity index (χ0v) is 17.2. The summed E-state index contributed by atoms with van der Waals surface area (Å²) in [6.45, 7) is 5.52. The van der Waals surface area contributed by atoms with E-state index < -0.39 is 15.8 Å². The highest BCUT2D eigenvalue weighted by Gasteiger charge is 2.24. The van der Waals surface area contributed by atoms with Crippen LogP contribution in [-0.4, -0.2) is 44.9 Å². The van der Waals surface area contributed by atoms with E-state index >= 15 is 0 Å². The van der Waals surface area contributed by atoms with Gasteiger partial charge in [0.05, 0.1) is 4.90 Å². The summed E-state index contributed by atoms with van der Waals surface area (Å²) in [5.41, 5.74) is 1.10. The van der Waals surface area contributed by atoms with E-state index in [9.17, 15) is 17.6 Å². The number of nitrogens with zero attached hydrogens (tertiary/aromatic N) is 1. The molecule has 1 fully saturated rings. The Hall–Kier alpha value is -2.16. The van der Waals surface area contributed by atoms with Gasteiger partial charge in [-0.05, 0) is 55.8 Å². The number of benzene rings is 2. The summed E-state index contributed by atoms with van der Waals surface area (Å²) in [4.78, 5) is 14.5. The Morgan fingerprint density at radius 1 is 1.21 bits per heavy atom. The summed E-state index contributed by atoms with van der Waals surface area (Å²) >= 11 is 0. The van der Waals surface area contributed by atoms with Crippen molar-refractivity contribution in [3.63, 3.8) is 0 Å². The van der Waals surface area contributed by atoms with Gasteiger partial charge in [-0.2, -0.15) is 0 Å². The number of anilines is 1. The first-order valence-electron chi connectivity index (χ1n) is 8.68. The number of nitrogens with one attached hydrogen (secondary N) is 2. The standard InChI is InChI=1S/C19H22FN3O3S.ClH/c1-13-3-4-15(19(24)23-10-9-21-14(2)12-23)11-18(13)27(25,26)22-17-7-5-16(20)6-8-17;/h3-8,11,14,21-22H,9-10,12H2,1-2H3;1H. The van der Waals surface area contributed by atoms with Crippen molar-refractivity contribution >= 4 is 34.0 Å². The maximum absolute atomic E-state index is 13.0. The van der Waals surface area contributed by atoms with Crippen molar-refractivity contribution in [3.8, 4) is 0 Å². The first-order chi connectivity index (χ1) is 12.8. The SMILES string of the molecule is Cc1ccc(C(=O)N2CCNC(C)C2)cc1S(=O)(=O)Nc1ccc(F)cc1.Cl. The molecule has 2 aromatic rings. The molecule has 6 nitrogen and oxygen atoms in total. The van der Waals surface area contributed by atoms with E-state index in [0.29, 0.717) is 30.8 Å². The molecule has 0 radical (unpaired) electrons. The number of carbonyl (C=O) groups is 1. The summed E-state index contributed by atoms with van der Waals surface area (Å²) in [5.74, 6) is -0.645. The van der Waals surface area contributed by atoms with Gasteiger partial charge in [-0.15, -0.1) is 12.4 Å². The largest absolute Gasteiger partial charge is 0.336 e. The van der Waals surface area contributed by atoms with E-state index in [2.05, 4.69) is 10.0 Å². The van der Waals surface area contributed by atoms with Gasteiger partial charge in [0.2, 0.25) is 0 Å². The zero-order chi connectivity index (χ0) is 19.6. The second-order valence-corrected chi connectivity index (χ2v) is 8.35. The molecule has 28 heavy (non-hydrogen) atoms. The lowest BCUT2D eigenvalue weighted by Gasteiger charge is -2.32. The van der Waals surface area contributed by atoms with Crippen molar-refractivity contribution in [1.29, 1.82) is 0 Å². The highest BCUT2D eigenvalue weighted by molar-refractivity contribution is 7.92. The summed E-state index contributed by atoms with van der Waals surface area (Å²) in [6, 6.07) is 9.90. The highest BCUT2D eigenvalue weighted by Crippen LogP contribution is 2.22. The molecular formula is C19H23ClFN3O3S. The van der Waals surface area contributed by atoms with Gasteiger partial charge in [-0.25, -0.2) is 12.8 Å². The number of piperazine rings is 1. The van der Waals surface area contributed by atoms with Crippen molar-refractivity contribution in [3.05, 3.63) is 59.4 Å². The third kappa shape index (κ3) is 5.01. The molecule has 0 aromatic heterocycles. The molecule has 1 amide bonds. The van der Waals surface area contributed by atoms with Gasteiger partial charge in [-0.3, -0.25) is 9.52 Å². The quantitative estimate of drug-likeness (QED) is 0.786. The number of amides is 1. The molecule has 3 rings (SSSR count). The second-order valence-electron chi connectivity index (χ2n) is 6.70. The van der Waals surface area contributed by atoms with Crippen LogP contribution in [0.4, 0.5) is 10.1 Å². The third-order valence-electron chi connectivity index (χ3n) is 4.48. The number of halogens is 2. The smallest absolute Gasteiger partial charge is 0.262 e. The Kier molecular flexibility index (Phi) is 7.03. The van der Waals surface area contributed by atoms with Crippen LogP contribution in [0.2, 0.25) is 0 Å². The predicted molar refractivity (Wildman–Crippen MR) is 109 cm³/mol. The molecule has 1 saturated heterocycles. The van der Waals surface area contributed by atoms with Gasteiger partial charge in [0.1, 0.15) is 5.82 Å². The molecule has 0 spiro atoms. The van der Waals surface area contributed by atoms with Gasteiger partial charge in [0.15, 0.2) is 0 Å². The van der Waals surface area contributed by atoms with Gasteiger partial charge in [0, 0.05) is 36.9 Å². The van der Waals surface area contributed by atoms with Crippen LogP contribution < -0.4 is 10.0 Å². The van der Waals surface area contributed by atoms with Gasteiger partial charge in [0.25, 0.3) is 15.9 Å². The number of hydrogen-bond donors (Lipinski definition) is 2. The van der Waals surface area contributed by atoms with Crippen molar-refractivity contribution < 1.29 is 17.6 Å². The first-order valence-corrected chi connectivity index (χ1v) is 10.2. The number of hydrogen-bond acceptors (Lipinski definition) is 4. The Labute approximate surface area is 170 Å². The molecule has 0 aliphatic carbocycles. The molecule has 1 atom stereocenters. The van der Waals surface area contributed by atoms with Crippen molar-refractivity contribution in [2.75, 3.05) is 24.4 Å². The Balaban J connectivity index is 0.00000280. The maximum Gasteiger partial charge on any atom is 0.262 e. The molecule has 9 heteroatoms. The molecule has 1 heterocycles. The first kappa shape index (κ1) is 22.1. The summed E-state index contributed by atoms with van der Waals surface area (Å²) < 4.78 is 41.0. The molecule has 2 aromatic carbocycles. The predicted octanol–water partition coefficient (Wildman–Crippen LogP) is 2.79. The fourth-order valence-electron chi connectivity index (χ4n) is 3.05. The van der Waals surface area contributed by atoms with Crippen LogP contribution in [0.3, 0.4) is 0 Å². The van der Waals surface area contributed by atoms with Gasteiger partial charge in [-0.1, -0.05) is 6.07 Å². The third-order valence-corrected chi connectivity index (χ3v) is 6.00. The normalized spacial score (nSPS) is 17.0. The lowest BCUT2D eigenvalue weighted by molar-refractivity contribution is 0.0709. The van der Waals surface area contributed by atoms with E-state index in [1.165, 1.54) is 30.3 Å². The lowest BCUT2D eigenvalue weighted by atomic mass is 10.1. The van der Waals surface area contributed by atoms with Crippen LogP contribution in [0.25, 0.3) is 0 Å². The summed E-state index contributed by atoms with van der Waals surface area (Å²) in [5, 5.41) is 3.27. The monoisotopic (exact) mass is 427 g/mol. The fraction of sp³-hybridized carbons (Fsp3) is 0.316. The molecule has 1 aliphatic heterocycles. The van der Waals surface area contributed by atoms with E-state index in [1.54, 1.807) is 24.0 Å². The number of sulfonamides is 1. The van der Waals surface area contributed by atoms with Crippen LogP contribution >= 0.6 is 12.4 Å². The molecular weight excluding hydrogens is 405 g/mol. The van der Waals surface area contributed by atoms with Crippen LogP contribution in [-0.2, 0) is 10.0 Å². The molecule has 0 saturated carbocycles. The minimum absolute atomic E-state index is 0. The Bertz CT molecular complexity index is 951. The molecule has 2 N–H and O–H groups in total. The van der Waals surface area contributed by atoms with E-state index in [4.69, 9.17) is 0 Å². The Morgan fingerprint density at radius 2 is 1.89 bits per heavy atom. The molecule has 0 bridgehead atoms. The number of carbonyl (C=O) groups excluding carboxylic acids is 1. The van der Waals surface area contributed by atoms with E-state index in [1.807, 2.05) is 6.92 Å². The summed E-state index contributed by atoms with van der Waals surface area (Å²) in [7, 11) is -3.91. The fourth-order valence-corrected chi connectivity index (χ4v) is 4.38. The highest BCUT2D eigenvalue weighted by atomic mass is 35.5. The van der Waals surface area contributed by atoms with E-state index in [-0.39, 0.29) is 34.9 Å². The zero-order valence-electron chi connectivity index (χ0n) is 15.6. The average Bonchev–Trinajstić information content (AvgIpc) is 2.63. The van der Waals surface area contributed by atoms with Crippen LogP contribution in [0.5, 0.6) is 0 Å². The minimum Gasteiger partial charge on any atom is -0.336 e. The molecule has 1 unspecified atom stereocenters. The topological polar surface area (TPSA) is 78.5 Å².